The summed E-state index contributed by atoms with van der Waals surface area (Å²) in [6.45, 7) is 15.9. The quantitative estimate of drug-likeness (QED) is 0.283. The summed E-state index contributed by atoms with van der Waals surface area (Å²) in [5, 5.41) is 0. The molecule has 0 radical (unpaired) electrons. The summed E-state index contributed by atoms with van der Waals surface area (Å²) in [5.74, 6) is 5.89. The Kier molecular flexibility index (Phi) is 12.4. The van der Waals surface area contributed by atoms with Crippen LogP contribution in [0.25, 0.3) is 0 Å². The molecule has 4 aliphatic carbocycles. The van der Waals surface area contributed by atoms with E-state index in [0.717, 1.165) is 35.5 Å². The molecule has 0 aliphatic heterocycles. The second-order valence-electron chi connectivity index (χ2n) is 12.5. The lowest BCUT2D eigenvalue weighted by Gasteiger charge is -2.57. The monoisotopic (exact) mass is 472 g/mol. The summed E-state index contributed by atoms with van der Waals surface area (Å²) in [6.07, 6.45) is 27.4. The third-order valence-corrected chi connectivity index (χ3v) is 10.7. The Morgan fingerprint density at radius 3 is 2.24 bits per heavy atom. The summed E-state index contributed by atoms with van der Waals surface area (Å²) in [7, 11) is 0. The largest absolute Gasteiger partial charge is 0.412 e. The van der Waals surface area contributed by atoms with Gasteiger partial charge in [-0.15, -0.1) is 0 Å². The van der Waals surface area contributed by atoms with Crippen LogP contribution in [0.3, 0.4) is 0 Å². The van der Waals surface area contributed by atoms with Gasteiger partial charge in [0.15, 0.2) is 0 Å². The molecule has 2 N–H and O–H groups in total. The van der Waals surface area contributed by atoms with Crippen LogP contribution in [0.1, 0.15) is 144 Å². The van der Waals surface area contributed by atoms with Gasteiger partial charge in [-0.25, -0.2) is 0 Å². The molecule has 0 heterocycles. The lowest BCUT2D eigenvalue weighted by molar-refractivity contribution is -0.0493. The van der Waals surface area contributed by atoms with E-state index in [0.29, 0.717) is 5.41 Å². The summed E-state index contributed by atoms with van der Waals surface area (Å²) < 4.78 is 0. The molecule has 0 spiro atoms. The molecule has 1 heteroatoms. The number of fused-ring (bicyclic) bond motifs is 5. The minimum atomic E-state index is 0. The first-order valence-corrected chi connectivity index (χ1v) is 15.4. The molecular formula is C33H60O. The lowest BCUT2D eigenvalue weighted by atomic mass is 9.48. The van der Waals surface area contributed by atoms with Crippen molar-refractivity contribution < 1.29 is 5.48 Å². The first-order valence-electron chi connectivity index (χ1n) is 15.4. The van der Waals surface area contributed by atoms with Crippen molar-refractivity contribution in [3.63, 3.8) is 0 Å². The molecule has 198 valence electrons. The number of allylic oxidation sites excluding steroid dienone is 3. The van der Waals surface area contributed by atoms with E-state index < -0.39 is 0 Å². The van der Waals surface area contributed by atoms with Crippen LogP contribution in [-0.4, -0.2) is 5.48 Å². The topological polar surface area (TPSA) is 31.5 Å². The van der Waals surface area contributed by atoms with Gasteiger partial charge >= 0.3 is 0 Å². The van der Waals surface area contributed by atoms with E-state index in [1.807, 2.05) is 19.4 Å². The molecule has 3 fully saturated rings. The lowest BCUT2D eigenvalue weighted by Crippen LogP contribution is -2.49. The van der Waals surface area contributed by atoms with Crippen LogP contribution in [0.5, 0.6) is 0 Å². The van der Waals surface area contributed by atoms with E-state index in [4.69, 9.17) is 0 Å². The van der Waals surface area contributed by atoms with Gasteiger partial charge in [-0.2, -0.15) is 0 Å². The average Bonchev–Trinajstić information content (AvgIpc) is 3.13. The van der Waals surface area contributed by atoms with Gasteiger partial charge in [0.25, 0.3) is 0 Å². The van der Waals surface area contributed by atoms with E-state index in [1.165, 1.54) is 115 Å². The minimum Gasteiger partial charge on any atom is -0.412 e. The zero-order valence-corrected chi connectivity index (χ0v) is 23.8. The normalized spacial score (nSPS) is 36.3. The fourth-order valence-electron chi connectivity index (χ4n) is 8.75. The second kappa shape index (κ2) is 14.2. The van der Waals surface area contributed by atoms with Crippen LogP contribution in [-0.2, 0) is 0 Å². The van der Waals surface area contributed by atoms with Crippen molar-refractivity contribution in [2.75, 3.05) is 0 Å². The maximum absolute atomic E-state index is 4.35. The van der Waals surface area contributed by atoms with Crippen LogP contribution >= 0.6 is 0 Å². The first-order chi connectivity index (χ1) is 16.0. The molecule has 4 aliphatic rings. The van der Waals surface area contributed by atoms with Crippen molar-refractivity contribution in [2.24, 2.45) is 40.9 Å². The van der Waals surface area contributed by atoms with Crippen LogP contribution < -0.4 is 0 Å². The smallest absolute Gasteiger partial charge is 0.0166 e. The Morgan fingerprint density at radius 2 is 1.56 bits per heavy atom. The molecule has 0 amide bonds. The molecule has 4 rings (SSSR count). The highest BCUT2D eigenvalue weighted by Crippen LogP contribution is 2.65. The molecule has 0 bridgehead atoms. The average molecular weight is 473 g/mol. The number of rotatable bonds is 10. The van der Waals surface area contributed by atoms with Gasteiger partial charge < -0.3 is 5.48 Å². The van der Waals surface area contributed by atoms with E-state index >= 15 is 0 Å². The molecule has 0 saturated heterocycles. The van der Waals surface area contributed by atoms with Gasteiger partial charge in [0.05, 0.1) is 0 Å². The van der Waals surface area contributed by atoms with E-state index in [2.05, 4.69) is 33.4 Å². The Balaban J connectivity index is 0.00000133. The van der Waals surface area contributed by atoms with E-state index in [-0.39, 0.29) is 5.48 Å². The van der Waals surface area contributed by atoms with Crippen molar-refractivity contribution >= 4 is 0 Å². The predicted octanol–water partition coefficient (Wildman–Crippen LogP) is 10.1. The maximum atomic E-state index is 4.35. The highest BCUT2D eigenvalue weighted by Gasteiger charge is 2.57. The predicted molar refractivity (Wildman–Crippen MR) is 151 cm³/mol. The van der Waals surface area contributed by atoms with Gasteiger partial charge in [0, 0.05) is 0 Å². The van der Waals surface area contributed by atoms with E-state index in [1.54, 1.807) is 0 Å². The Bertz CT molecular complexity index is 632. The van der Waals surface area contributed by atoms with Gasteiger partial charge in [0.1, 0.15) is 0 Å². The highest BCUT2D eigenvalue weighted by molar-refractivity contribution is 5.30. The number of unbranched alkanes of at least 4 members (excludes halogenated alkanes) is 8. The summed E-state index contributed by atoms with van der Waals surface area (Å²) in [4.78, 5) is 0. The fourth-order valence-corrected chi connectivity index (χ4v) is 8.75. The van der Waals surface area contributed by atoms with Crippen molar-refractivity contribution in [2.45, 2.75) is 144 Å². The standard InChI is InChI=1S/C31H52.C2H6.H2O/c1-5-6-7-8-9-10-11-12-13-14-25-22-26-21-23(2)15-17-27(26)28-19-20-31(4)24(3)16-18-29(31)30(25)28;1-2;/h21,24-25,27-30H,2,5-20,22H2,1,3-4H3;1-2H3;1H2/t24-,25?,27?,28?,29?,30?,31+;;/m0../s1. The van der Waals surface area contributed by atoms with Crippen molar-refractivity contribution in [3.8, 4) is 0 Å². The fraction of sp³-hybridized carbons (Fsp3) is 0.879. The van der Waals surface area contributed by atoms with Crippen molar-refractivity contribution in [1.82, 2.24) is 0 Å². The second-order valence-corrected chi connectivity index (χ2v) is 12.5. The maximum Gasteiger partial charge on any atom is -0.0166 e. The SMILES string of the molecule is C=C1C=C2CC(CCCCCCCCCCC)C3C(CC[C@@]4(C)C3CC[C@@H]4C)C2CC1.CC.O. The molecule has 3 saturated carbocycles. The number of hydrogen-bond acceptors (Lipinski definition) is 0. The number of hydrogen-bond donors (Lipinski definition) is 0. The zero-order valence-electron chi connectivity index (χ0n) is 23.8. The Labute approximate surface area is 214 Å². The van der Waals surface area contributed by atoms with Crippen LogP contribution in [0.2, 0.25) is 0 Å². The summed E-state index contributed by atoms with van der Waals surface area (Å²) in [5.41, 5.74) is 3.90. The van der Waals surface area contributed by atoms with Crippen LogP contribution in [0, 0.1) is 40.9 Å². The molecular weight excluding hydrogens is 412 g/mol. The van der Waals surface area contributed by atoms with Crippen LogP contribution in [0.15, 0.2) is 23.8 Å². The first kappa shape index (κ1) is 29.7. The molecule has 7 atom stereocenters. The summed E-state index contributed by atoms with van der Waals surface area (Å²) >= 11 is 0. The third-order valence-electron chi connectivity index (χ3n) is 10.7. The van der Waals surface area contributed by atoms with E-state index in [9.17, 15) is 0 Å². The minimum absolute atomic E-state index is 0. The molecule has 5 unspecified atom stereocenters. The molecule has 0 aromatic heterocycles. The van der Waals surface area contributed by atoms with Crippen LogP contribution in [0.4, 0.5) is 0 Å². The molecule has 0 aromatic carbocycles. The summed E-state index contributed by atoms with van der Waals surface area (Å²) in [6, 6.07) is 0. The molecule has 0 aromatic rings. The van der Waals surface area contributed by atoms with Crippen molar-refractivity contribution in [1.29, 1.82) is 0 Å². The van der Waals surface area contributed by atoms with Gasteiger partial charge in [-0.1, -0.05) is 116 Å². The van der Waals surface area contributed by atoms with Crippen molar-refractivity contribution in [3.05, 3.63) is 23.8 Å². The van der Waals surface area contributed by atoms with Gasteiger partial charge in [-0.05, 0) is 92.3 Å². The van der Waals surface area contributed by atoms with Gasteiger partial charge in [-0.3, -0.25) is 0 Å². The highest BCUT2D eigenvalue weighted by atomic mass is 16.0. The third kappa shape index (κ3) is 6.60. The Hall–Kier alpha value is -0.560. The molecule has 34 heavy (non-hydrogen) atoms. The molecule has 1 nitrogen and oxygen atoms in total. The zero-order chi connectivity index (χ0) is 23.8. The Morgan fingerprint density at radius 1 is 0.912 bits per heavy atom. The van der Waals surface area contributed by atoms with Gasteiger partial charge in [0.2, 0.25) is 0 Å².